The minimum Gasteiger partial charge on any atom is -0.459 e. The Balaban J connectivity index is 0.000000605. The molecule has 0 aromatic heterocycles. The van der Waals surface area contributed by atoms with Crippen molar-refractivity contribution in [1.82, 2.24) is 4.90 Å². The van der Waals surface area contributed by atoms with Gasteiger partial charge in [-0.15, -0.1) is 0 Å². The first-order valence-electron chi connectivity index (χ1n) is 4.41. The molecule has 0 bridgehead atoms. The molecule has 2 atom stereocenters. The Morgan fingerprint density at radius 1 is 1.27 bits per heavy atom. The largest absolute Gasteiger partial charge is 1.00 e. The second-order valence-corrected chi connectivity index (χ2v) is 3.80. The van der Waals surface area contributed by atoms with E-state index in [2.05, 4.69) is 18.5 Å². The van der Waals surface area contributed by atoms with E-state index in [-0.39, 0.29) is 18.9 Å². The van der Waals surface area contributed by atoms with Crippen molar-refractivity contribution in [2.24, 2.45) is 11.8 Å². The molecular weight excluding hydrogens is 129 g/mol. The summed E-state index contributed by atoms with van der Waals surface area (Å²) in [5.41, 5.74) is 0. The first kappa shape index (κ1) is 9.64. The van der Waals surface area contributed by atoms with Crippen LogP contribution in [0.4, 0.5) is 0 Å². The summed E-state index contributed by atoms with van der Waals surface area (Å²) in [6.07, 6.45) is 5.87. The van der Waals surface area contributed by atoms with Gasteiger partial charge in [-0.05, 0) is 13.6 Å². The van der Waals surface area contributed by atoms with E-state index >= 15 is 0 Å². The standard InChI is InChI=1S/C9H16N.Li/c1-10-6-8-4-2-3-5-9(8)7-10;/h6,8-9H,2-5,7H2,1H3;/q-1;+1/t8-,9-;/m0./s1. The third kappa shape index (κ3) is 2.02. The molecule has 2 fully saturated rings. The van der Waals surface area contributed by atoms with Crippen molar-refractivity contribution in [2.75, 3.05) is 13.6 Å². The zero-order valence-corrected chi connectivity index (χ0v) is 7.71. The molecule has 2 rings (SSSR count). The summed E-state index contributed by atoms with van der Waals surface area (Å²) in [5.74, 6) is 1.96. The van der Waals surface area contributed by atoms with Gasteiger partial charge in [0.25, 0.3) is 0 Å². The summed E-state index contributed by atoms with van der Waals surface area (Å²) < 4.78 is 0. The molecule has 1 saturated heterocycles. The van der Waals surface area contributed by atoms with E-state index in [1.165, 1.54) is 32.2 Å². The normalized spacial score (nSPS) is 37.9. The maximum Gasteiger partial charge on any atom is 1.00 e. The topological polar surface area (TPSA) is 3.24 Å². The van der Waals surface area contributed by atoms with Gasteiger partial charge in [-0.2, -0.15) is 5.92 Å². The molecule has 1 saturated carbocycles. The molecular formula is C9H16LiN. The molecule has 2 aliphatic rings. The van der Waals surface area contributed by atoms with E-state index in [1.54, 1.807) is 0 Å². The monoisotopic (exact) mass is 145 g/mol. The van der Waals surface area contributed by atoms with Crippen molar-refractivity contribution >= 4 is 0 Å². The minimum absolute atomic E-state index is 0. The molecule has 0 spiro atoms. The molecule has 1 nitrogen and oxygen atoms in total. The molecule has 1 aliphatic heterocycles. The van der Waals surface area contributed by atoms with Crippen LogP contribution in [0.2, 0.25) is 0 Å². The molecule has 0 radical (unpaired) electrons. The Morgan fingerprint density at radius 3 is 2.73 bits per heavy atom. The van der Waals surface area contributed by atoms with Crippen molar-refractivity contribution < 1.29 is 18.9 Å². The van der Waals surface area contributed by atoms with Gasteiger partial charge in [0.15, 0.2) is 0 Å². The van der Waals surface area contributed by atoms with Crippen LogP contribution in [-0.4, -0.2) is 18.5 Å². The molecule has 2 heteroatoms. The van der Waals surface area contributed by atoms with Gasteiger partial charge in [0, 0.05) is 0 Å². The number of rotatable bonds is 0. The number of hydrogen-bond acceptors (Lipinski definition) is 1. The van der Waals surface area contributed by atoms with E-state index in [0.717, 1.165) is 11.8 Å². The molecule has 0 aromatic carbocycles. The van der Waals surface area contributed by atoms with Gasteiger partial charge in [0.1, 0.15) is 0 Å². The average Bonchev–Trinajstić information content (AvgIpc) is 2.27. The molecule has 0 N–H and O–H groups in total. The Kier molecular flexibility index (Phi) is 3.49. The average molecular weight is 145 g/mol. The zero-order chi connectivity index (χ0) is 6.97. The van der Waals surface area contributed by atoms with Gasteiger partial charge in [-0.25, -0.2) is 0 Å². The predicted octanol–water partition coefficient (Wildman–Crippen LogP) is -1.10. The number of likely N-dealkylation sites (tertiary alicyclic amines) is 1. The van der Waals surface area contributed by atoms with Crippen LogP contribution >= 0.6 is 0 Å². The number of nitrogens with zero attached hydrogens (tertiary/aromatic N) is 1. The van der Waals surface area contributed by atoms with Crippen LogP contribution in [0.1, 0.15) is 25.7 Å². The number of fused-ring (bicyclic) bond motifs is 1. The Labute approximate surface area is 81.7 Å². The van der Waals surface area contributed by atoms with E-state index in [0.29, 0.717) is 0 Å². The first-order valence-corrected chi connectivity index (χ1v) is 4.41. The predicted molar refractivity (Wildman–Crippen MR) is 42.4 cm³/mol. The van der Waals surface area contributed by atoms with Crippen LogP contribution in [-0.2, 0) is 0 Å². The Hall–Kier alpha value is 0.557. The van der Waals surface area contributed by atoms with Crippen molar-refractivity contribution in [3.8, 4) is 0 Å². The fraction of sp³-hybridized carbons (Fsp3) is 0.889. The smallest absolute Gasteiger partial charge is 0.459 e. The van der Waals surface area contributed by atoms with Crippen LogP contribution in [0, 0.1) is 18.4 Å². The first-order chi connectivity index (χ1) is 4.86. The Bertz CT molecular complexity index is 113. The van der Waals surface area contributed by atoms with Gasteiger partial charge in [-0.1, -0.05) is 31.6 Å². The van der Waals surface area contributed by atoms with Crippen LogP contribution in [0.25, 0.3) is 0 Å². The fourth-order valence-corrected chi connectivity index (χ4v) is 2.42. The molecule has 0 unspecified atom stereocenters. The third-order valence-corrected chi connectivity index (χ3v) is 2.94. The van der Waals surface area contributed by atoms with Crippen LogP contribution in [0.3, 0.4) is 0 Å². The second-order valence-electron chi connectivity index (χ2n) is 3.80. The summed E-state index contributed by atoms with van der Waals surface area (Å²) >= 11 is 0. The van der Waals surface area contributed by atoms with Gasteiger partial charge in [-0.3, -0.25) is 6.54 Å². The molecule has 0 amide bonds. The summed E-state index contributed by atoms with van der Waals surface area (Å²) in [6, 6.07) is 0. The van der Waals surface area contributed by atoms with Crippen molar-refractivity contribution in [3.05, 3.63) is 6.54 Å². The van der Waals surface area contributed by atoms with Gasteiger partial charge >= 0.3 is 18.9 Å². The fourth-order valence-electron chi connectivity index (χ4n) is 2.42. The van der Waals surface area contributed by atoms with Gasteiger partial charge < -0.3 is 4.90 Å². The summed E-state index contributed by atoms with van der Waals surface area (Å²) in [6.45, 7) is 3.76. The number of hydrogen-bond donors (Lipinski definition) is 0. The van der Waals surface area contributed by atoms with E-state index in [9.17, 15) is 0 Å². The molecule has 58 valence electrons. The van der Waals surface area contributed by atoms with Crippen molar-refractivity contribution in [2.45, 2.75) is 25.7 Å². The molecule has 1 aliphatic carbocycles. The SMILES string of the molecule is CN1[CH-][C@@H]2CCCC[C@H]2C1.[Li+]. The van der Waals surface area contributed by atoms with Gasteiger partial charge in [0.2, 0.25) is 0 Å². The molecule has 11 heavy (non-hydrogen) atoms. The van der Waals surface area contributed by atoms with E-state index < -0.39 is 0 Å². The summed E-state index contributed by atoms with van der Waals surface area (Å²) in [7, 11) is 2.21. The van der Waals surface area contributed by atoms with Crippen LogP contribution in [0.5, 0.6) is 0 Å². The molecule has 1 heterocycles. The maximum atomic E-state index is 2.43. The van der Waals surface area contributed by atoms with Gasteiger partial charge in [0.05, 0.1) is 0 Å². The maximum absolute atomic E-state index is 2.43. The van der Waals surface area contributed by atoms with E-state index in [1.807, 2.05) is 0 Å². The quantitative estimate of drug-likeness (QED) is 0.309. The zero-order valence-electron chi connectivity index (χ0n) is 7.71. The van der Waals surface area contributed by atoms with Crippen LogP contribution < -0.4 is 18.9 Å². The van der Waals surface area contributed by atoms with Crippen molar-refractivity contribution in [3.63, 3.8) is 0 Å². The van der Waals surface area contributed by atoms with Crippen molar-refractivity contribution in [1.29, 1.82) is 0 Å². The Morgan fingerprint density at radius 2 is 2.00 bits per heavy atom. The van der Waals surface area contributed by atoms with Crippen LogP contribution in [0.15, 0.2) is 0 Å². The second kappa shape index (κ2) is 3.98. The summed E-state index contributed by atoms with van der Waals surface area (Å²) in [5, 5.41) is 0. The minimum atomic E-state index is 0. The molecule has 0 aromatic rings. The summed E-state index contributed by atoms with van der Waals surface area (Å²) in [4.78, 5) is 2.38. The van der Waals surface area contributed by atoms with E-state index in [4.69, 9.17) is 0 Å². The third-order valence-electron chi connectivity index (χ3n) is 2.94.